The van der Waals surface area contributed by atoms with Crippen LogP contribution in [0.25, 0.3) is 22.2 Å². The summed E-state index contributed by atoms with van der Waals surface area (Å²) in [6, 6.07) is 25.3. The molecule has 0 bridgehead atoms. The van der Waals surface area contributed by atoms with E-state index in [9.17, 15) is 19.2 Å². The minimum Gasteiger partial charge on any atom is -0.449 e. The fourth-order valence-electron chi connectivity index (χ4n) is 12.5. The van der Waals surface area contributed by atoms with Crippen molar-refractivity contribution >= 4 is 52.5 Å². The Morgan fingerprint density at radius 3 is 2.09 bits per heavy atom. The molecule has 5 aliphatic rings. The zero-order valence-electron chi connectivity index (χ0n) is 44.4. The molecule has 404 valence electrons. The van der Waals surface area contributed by atoms with Gasteiger partial charge in [0.1, 0.15) is 41.6 Å². The number of anilines is 1. The zero-order valence-corrected chi connectivity index (χ0v) is 45.2. The lowest BCUT2D eigenvalue weighted by atomic mass is 9.83. The number of H-pyrrole nitrogens is 1. The molecule has 4 N–H and O–H groups in total. The smallest absolute Gasteiger partial charge is 0.408 e. The molecule has 0 radical (unpaired) electrons. The fraction of sp³-hybridized carbons (Fsp3) is 0.525. The lowest BCUT2D eigenvalue weighted by Crippen LogP contribution is -2.64. The standard InChI is InChI=1S/C59H75ClN10O6/c1-58(2,3)76-57(74)66-59(25-31-69(32-26-59)53-48-21-27-61-52(48)62-39-63-53)55(72)64-50(41-17-19-43(60)20-18-41)24-28-67-33-35-68(36-34-67)37-40-22-29-70(30-23-40)54(71)51(42-11-5-4-6-12-42)65-56(73)75-38-49-46-15-9-7-13-44(46)45-14-8-10-16-47(45)49/h7-10,13-21,27,39-40,42,49-51H,4-6,11-12,22-26,28-38H2,1-3H3,(H,64,72)(H,65,73)(H,66,74)(H,61,62,63)/t50-,51+/m0/s1. The minimum absolute atomic E-state index is 0.0254. The topological polar surface area (TPSA) is 177 Å². The molecule has 2 atom stereocenters. The third kappa shape index (κ3) is 12.5. The second-order valence-electron chi connectivity index (χ2n) is 22.8. The number of alkyl carbamates (subject to hydrolysis) is 2. The predicted molar refractivity (Wildman–Crippen MR) is 295 cm³/mol. The van der Waals surface area contributed by atoms with Crippen molar-refractivity contribution in [2.45, 2.75) is 114 Å². The molecule has 3 aromatic carbocycles. The molecule has 17 heteroatoms. The molecule has 10 rings (SSSR count). The third-order valence-electron chi connectivity index (χ3n) is 16.6. The van der Waals surface area contributed by atoms with Crippen LogP contribution in [0.1, 0.15) is 114 Å². The molecule has 2 aromatic heterocycles. The number of nitrogens with one attached hydrogen (secondary N) is 4. The summed E-state index contributed by atoms with van der Waals surface area (Å²) in [7, 11) is 0. The maximum absolute atomic E-state index is 14.8. The summed E-state index contributed by atoms with van der Waals surface area (Å²) in [6.45, 7) is 13.4. The molecule has 5 aromatic rings. The first-order chi connectivity index (χ1) is 36.8. The maximum Gasteiger partial charge on any atom is 0.408 e. The molecule has 76 heavy (non-hydrogen) atoms. The second kappa shape index (κ2) is 23.6. The molecule has 2 aliphatic carbocycles. The Morgan fingerprint density at radius 2 is 1.42 bits per heavy atom. The SMILES string of the molecule is CC(C)(C)OC(=O)NC1(C(=O)N[C@@H](CCN2CCN(CC3CCN(C(=O)[C@H](NC(=O)OCC4c5ccccc5-c5ccccc54)C4CCCCC4)CC3)CC2)c2ccc(Cl)cc2)CCN(c2ncnc3[nH]ccc23)CC1. The molecule has 1 saturated carbocycles. The van der Waals surface area contributed by atoms with Gasteiger partial charge in [-0.3, -0.25) is 9.59 Å². The second-order valence-corrected chi connectivity index (χ2v) is 23.2. The number of rotatable bonds is 15. The molecule has 4 amide bonds. The molecule has 5 heterocycles. The molecular weight excluding hydrogens is 980 g/mol. The van der Waals surface area contributed by atoms with Gasteiger partial charge in [0.2, 0.25) is 11.8 Å². The number of piperazine rings is 1. The Bertz CT molecular complexity index is 2760. The van der Waals surface area contributed by atoms with E-state index in [1.807, 2.05) is 86.5 Å². The van der Waals surface area contributed by atoms with Crippen LogP contribution in [0.4, 0.5) is 15.4 Å². The van der Waals surface area contributed by atoms with Crippen molar-refractivity contribution in [3.63, 3.8) is 0 Å². The Morgan fingerprint density at radius 1 is 0.763 bits per heavy atom. The maximum atomic E-state index is 14.8. The first-order valence-electron chi connectivity index (χ1n) is 27.7. The van der Waals surface area contributed by atoms with E-state index in [-0.39, 0.29) is 36.3 Å². The summed E-state index contributed by atoms with van der Waals surface area (Å²) in [6.07, 6.45) is 10.6. The summed E-state index contributed by atoms with van der Waals surface area (Å²) in [4.78, 5) is 77.5. The lowest BCUT2D eigenvalue weighted by Gasteiger charge is -2.42. The molecule has 16 nitrogen and oxygen atoms in total. The van der Waals surface area contributed by atoms with Crippen LogP contribution in [0.3, 0.4) is 0 Å². The van der Waals surface area contributed by atoms with Gasteiger partial charge in [-0.2, -0.15) is 0 Å². The van der Waals surface area contributed by atoms with Gasteiger partial charge in [0, 0.05) is 82.6 Å². The number of ether oxygens (including phenoxy) is 2. The van der Waals surface area contributed by atoms with Crippen LogP contribution >= 0.6 is 11.6 Å². The van der Waals surface area contributed by atoms with Crippen molar-refractivity contribution in [1.29, 1.82) is 0 Å². The lowest BCUT2D eigenvalue weighted by molar-refractivity contribution is -0.136. The van der Waals surface area contributed by atoms with E-state index >= 15 is 0 Å². The van der Waals surface area contributed by atoms with Crippen LogP contribution in [-0.2, 0) is 19.1 Å². The summed E-state index contributed by atoms with van der Waals surface area (Å²) < 4.78 is 11.7. The van der Waals surface area contributed by atoms with Crippen molar-refractivity contribution in [2.24, 2.45) is 11.8 Å². The number of benzene rings is 3. The van der Waals surface area contributed by atoms with E-state index in [0.717, 1.165) is 118 Å². The highest BCUT2D eigenvalue weighted by atomic mass is 35.5. The number of aromatic amines is 1. The zero-order chi connectivity index (χ0) is 52.8. The van der Waals surface area contributed by atoms with Crippen LogP contribution in [-0.4, -0.2) is 143 Å². The van der Waals surface area contributed by atoms with Gasteiger partial charge in [-0.25, -0.2) is 19.6 Å². The summed E-state index contributed by atoms with van der Waals surface area (Å²) in [5.74, 6) is 1.10. The number of hydrogen-bond acceptors (Lipinski definition) is 11. The Kier molecular flexibility index (Phi) is 16.5. The van der Waals surface area contributed by atoms with Crippen LogP contribution < -0.4 is 20.9 Å². The number of hydrogen-bond donors (Lipinski definition) is 4. The van der Waals surface area contributed by atoms with E-state index in [1.54, 1.807) is 6.33 Å². The van der Waals surface area contributed by atoms with Crippen LogP contribution in [0.5, 0.6) is 0 Å². The fourth-order valence-corrected chi connectivity index (χ4v) is 12.6. The number of piperidine rings is 2. The van der Waals surface area contributed by atoms with Gasteiger partial charge >= 0.3 is 12.2 Å². The molecule has 4 fully saturated rings. The van der Waals surface area contributed by atoms with Gasteiger partial charge in [-0.15, -0.1) is 0 Å². The van der Waals surface area contributed by atoms with Gasteiger partial charge in [0.05, 0.1) is 11.4 Å². The number of halogens is 1. The number of likely N-dealkylation sites (tertiary alicyclic amines) is 1. The average molecular weight is 1060 g/mol. The Balaban J connectivity index is 0.713. The van der Waals surface area contributed by atoms with Crippen molar-refractivity contribution in [1.82, 2.24) is 45.6 Å². The van der Waals surface area contributed by atoms with E-state index in [4.69, 9.17) is 21.1 Å². The number of carbonyl (C=O) groups excluding carboxylic acids is 4. The van der Waals surface area contributed by atoms with E-state index in [0.29, 0.717) is 56.4 Å². The van der Waals surface area contributed by atoms with Gasteiger partial charge in [-0.05, 0) is 124 Å². The summed E-state index contributed by atoms with van der Waals surface area (Å²) in [5, 5.41) is 11.0. The van der Waals surface area contributed by atoms with Crippen molar-refractivity contribution in [3.05, 3.63) is 113 Å². The highest BCUT2D eigenvalue weighted by Crippen LogP contribution is 2.44. The van der Waals surface area contributed by atoms with Crippen LogP contribution in [0, 0.1) is 11.8 Å². The van der Waals surface area contributed by atoms with Crippen LogP contribution in [0.15, 0.2) is 91.4 Å². The van der Waals surface area contributed by atoms with Gasteiger partial charge < -0.3 is 50.0 Å². The normalized spacial score (nSPS) is 19.6. The van der Waals surface area contributed by atoms with Gasteiger partial charge in [0.25, 0.3) is 0 Å². The highest BCUT2D eigenvalue weighted by molar-refractivity contribution is 6.30. The van der Waals surface area contributed by atoms with Crippen molar-refractivity contribution < 1.29 is 28.7 Å². The quantitative estimate of drug-likeness (QED) is 0.0787. The number of aromatic nitrogens is 3. The number of carbonyl (C=O) groups is 4. The summed E-state index contributed by atoms with van der Waals surface area (Å²) >= 11 is 6.37. The first-order valence-corrected chi connectivity index (χ1v) is 28.1. The Labute approximate surface area is 452 Å². The number of nitrogens with zero attached hydrogens (tertiary/aromatic N) is 6. The van der Waals surface area contributed by atoms with Crippen molar-refractivity contribution in [3.8, 4) is 11.1 Å². The largest absolute Gasteiger partial charge is 0.449 e. The average Bonchev–Trinajstić information content (AvgIpc) is 4.06. The monoisotopic (exact) mass is 1050 g/mol. The molecule has 0 spiro atoms. The predicted octanol–water partition coefficient (Wildman–Crippen LogP) is 9.07. The third-order valence-corrected chi connectivity index (χ3v) is 16.9. The van der Waals surface area contributed by atoms with E-state index in [2.05, 4.69) is 69.9 Å². The molecular formula is C59H75ClN10O6. The molecule has 3 aliphatic heterocycles. The van der Waals surface area contributed by atoms with E-state index in [1.165, 1.54) is 11.1 Å². The molecule has 3 saturated heterocycles. The number of fused-ring (bicyclic) bond motifs is 4. The van der Waals surface area contributed by atoms with Crippen molar-refractivity contribution in [2.75, 3.05) is 77.0 Å². The van der Waals surface area contributed by atoms with Gasteiger partial charge in [0.15, 0.2) is 0 Å². The highest BCUT2D eigenvalue weighted by Gasteiger charge is 2.45. The first kappa shape index (κ1) is 53.2. The van der Waals surface area contributed by atoms with E-state index < -0.39 is 29.4 Å². The van der Waals surface area contributed by atoms with Crippen LogP contribution in [0.2, 0.25) is 5.02 Å². The van der Waals surface area contributed by atoms with Gasteiger partial charge in [-0.1, -0.05) is 91.5 Å². The number of amides is 4. The summed E-state index contributed by atoms with van der Waals surface area (Å²) in [5.41, 5.74) is 4.41. The minimum atomic E-state index is -1.22. The Hall–Kier alpha value is -6.23. The molecule has 0 unspecified atom stereocenters.